The van der Waals surface area contributed by atoms with Crippen molar-refractivity contribution in [2.45, 2.75) is 13.5 Å². The Hall–Kier alpha value is -2.34. The molecular weight excluding hydrogens is 222 g/mol. The van der Waals surface area contributed by atoms with Crippen LogP contribution < -0.4 is 4.90 Å². The van der Waals surface area contributed by atoms with E-state index in [1.165, 1.54) is 0 Å². The first-order valence-corrected chi connectivity index (χ1v) is 5.82. The summed E-state index contributed by atoms with van der Waals surface area (Å²) in [6.07, 6.45) is 1.78. The third-order valence-corrected chi connectivity index (χ3v) is 2.81. The molecule has 0 spiro atoms. The number of pyridine rings is 1. The van der Waals surface area contributed by atoms with Crippen molar-refractivity contribution in [3.8, 4) is 6.07 Å². The average Bonchev–Trinajstić information content (AvgIpc) is 2.40. The molecule has 2 aromatic rings. The second-order valence-electron chi connectivity index (χ2n) is 4.31. The van der Waals surface area contributed by atoms with Crippen molar-refractivity contribution in [2.24, 2.45) is 0 Å². The standard InChI is InChI=1S/C15H15N3/c1-12-6-7-13(10-16)15(9-12)18(2)11-14-5-3-4-8-17-14/h3-9H,11H2,1-2H3. The van der Waals surface area contributed by atoms with E-state index in [0.717, 1.165) is 16.9 Å². The van der Waals surface area contributed by atoms with Crippen LogP contribution in [0.2, 0.25) is 0 Å². The lowest BCUT2D eigenvalue weighted by Gasteiger charge is -2.20. The molecule has 1 aromatic heterocycles. The fraction of sp³-hybridized carbons (Fsp3) is 0.200. The minimum atomic E-state index is 0.693. The first kappa shape index (κ1) is 12.1. The van der Waals surface area contributed by atoms with Gasteiger partial charge in [0.25, 0.3) is 0 Å². The molecule has 0 aliphatic rings. The van der Waals surface area contributed by atoms with E-state index in [1.54, 1.807) is 6.20 Å². The van der Waals surface area contributed by atoms with Crippen molar-refractivity contribution in [1.29, 1.82) is 5.26 Å². The Morgan fingerprint density at radius 3 is 2.78 bits per heavy atom. The van der Waals surface area contributed by atoms with Crippen molar-refractivity contribution >= 4 is 5.69 Å². The monoisotopic (exact) mass is 237 g/mol. The number of rotatable bonds is 3. The summed E-state index contributed by atoms with van der Waals surface area (Å²) in [7, 11) is 1.98. The molecule has 0 radical (unpaired) electrons. The first-order valence-electron chi connectivity index (χ1n) is 5.82. The van der Waals surface area contributed by atoms with E-state index in [-0.39, 0.29) is 0 Å². The quantitative estimate of drug-likeness (QED) is 0.824. The van der Waals surface area contributed by atoms with Crippen LogP contribution in [0.5, 0.6) is 0 Å². The molecule has 3 heteroatoms. The summed E-state index contributed by atoms with van der Waals surface area (Å²) >= 11 is 0. The maximum atomic E-state index is 9.13. The maximum Gasteiger partial charge on any atom is 0.101 e. The second kappa shape index (κ2) is 5.33. The minimum absolute atomic E-state index is 0.693. The van der Waals surface area contributed by atoms with Crippen molar-refractivity contribution in [3.05, 3.63) is 59.4 Å². The summed E-state index contributed by atoms with van der Waals surface area (Å²) in [4.78, 5) is 6.35. The highest BCUT2D eigenvalue weighted by Gasteiger charge is 2.08. The van der Waals surface area contributed by atoms with Gasteiger partial charge in [0.05, 0.1) is 23.5 Å². The first-order chi connectivity index (χ1) is 8.70. The number of hydrogen-bond acceptors (Lipinski definition) is 3. The molecule has 0 fully saturated rings. The van der Waals surface area contributed by atoms with Crippen molar-refractivity contribution in [2.75, 3.05) is 11.9 Å². The van der Waals surface area contributed by atoms with Gasteiger partial charge in [0.1, 0.15) is 6.07 Å². The normalized spacial score (nSPS) is 9.83. The van der Waals surface area contributed by atoms with Crippen LogP contribution in [0.4, 0.5) is 5.69 Å². The van der Waals surface area contributed by atoms with Gasteiger partial charge in [-0.3, -0.25) is 4.98 Å². The summed E-state index contributed by atoms with van der Waals surface area (Å²) in [5.74, 6) is 0. The summed E-state index contributed by atoms with van der Waals surface area (Å²) < 4.78 is 0. The lowest BCUT2D eigenvalue weighted by molar-refractivity contribution is 0.882. The van der Waals surface area contributed by atoms with Crippen LogP contribution in [0.1, 0.15) is 16.8 Å². The van der Waals surface area contributed by atoms with E-state index in [1.807, 2.05) is 55.3 Å². The van der Waals surface area contributed by atoms with Gasteiger partial charge >= 0.3 is 0 Å². The number of benzene rings is 1. The third-order valence-electron chi connectivity index (χ3n) is 2.81. The van der Waals surface area contributed by atoms with Crippen LogP contribution >= 0.6 is 0 Å². The van der Waals surface area contributed by atoms with Crippen LogP contribution in [0.25, 0.3) is 0 Å². The Kier molecular flexibility index (Phi) is 3.59. The number of anilines is 1. The van der Waals surface area contributed by atoms with Gasteiger partial charge in [-0.2, -0.15) is 5.26 Å². The van der Waals surface area contributed by atoms with Gasteiger partial charge in [-0.1, -0.05) is 12.1 Å². The van der Waals surface area contributed by atoms with Gasteiger partial charge in [0, 0.05) is 13.2 Å². The Balaban J connectivity index is 2.26. The van der Waals surface area contributed by atoms with Gasteiger partial charge in [-0.25, -0.2) is 0 Å². The molecule has 0 unspecified atom stereocenters. The molecule has 0 atom stereocenters. The number of hydrogen-bond donors (Lipinski definition) is 0. The molecule has 1 aromatic carbocycles. The fourth-order valence-corrected chi connectivity index (χ4v) is 1.87. The Morgan fingerprint density at radius 2 is 2.11 bits per heavy atom. The molecular formula is C15H15N3. The van der Waals surface area contributed by atoms with Crippen molar-refractivity contribution < 1.29 is 0 Å². The van der Waals surface area contributed by atoms with Crippen LogP contribution in [0.15, 0.2) is 42.6 Å². The Bertz CT molecular complexity index is 570. The van der Waals surface area contributed by atoms with Gasteiger partial charge in [0.15, 0.2) is 0 Å². The molecule has 0 amide bonds. The van der Waals surface area contributed by atoms with E-state index in [0.29, 0.717) is 12.1 Å². The largest absolute Gasteiger partial charge is 0.368 e. The van der Waals surface area contributed by atoms with Crippen molar-refractivity contribution in [1.82, 2.24) is 4.98 Å². The van der Waals surface area contributed by atoms with E-state index < -0.39 is 0 Å². The molecule has 0 aliphatic heterocycles. The van der Waals surface area contributed by atoms with Gasteiger partial charge in [0.2, 0.25) is 0 Å². The summed E-state index contributed by atoms with van der Waals surface area (Å²) in [5, 5.41) is 9.13. The Labute approximate surface area is 107 Å². The molecule has 0 bridgehead atoms. The Morgan fingerprint density at radius 1 is 1.28 bits per heavy atom. The SMILES string of the molecule is Cc1ccc(C#N)c(N(C)Cc2ccccn2)c1. The molecule has 2 rings (SSSR count). The highest BCUT2D eigenvalue weighted by Crippen LogP contribution is 2.21. The predicted octanol–water partition coefficient (Wildman–Crippen LogP) is 2.90. The number of aryl methyl sites for hydroxylation is 1. The van der Waals surface area contributed by atoms with E-state index >= 15 is 0 Å². The average molecular weight is 237 g/mol. The van der Waals surface area contributed by atoms with Crippen LogP contribution in [0, 0.1) is 18.3 Å². The summed E-state index contributed by atoms with van der Waals surface area (Å²) in [5.41, 5.74) is 3.78. The molecule has 3 nitrogen and oxygen atoms in total. The molecule has 0 aliphatic carbocycles. The van der Waals surface area contributed by atoms with Gasteiger partial charge in [-0.15, -0.1) is 0 Å². The smallest absolute Gasteiger partial charge is 0.101 e. The summed E-state index contributed by atoms with van der Waals surface area (Å²) in [6.45, 7) is 2.72. The van der Waals surface area contributed by atoms with Gasteiger partial charge < -0.3 is 4.90 Å². The third kappa shape index (κ3) is 2.67. The van der Waals surface area contributed by atoms with Gasteiger partial charge in [-0.05, 0) is 36.8 Å². The highest BCUT2D eigenvalue weighted by atomic mass is 15.1. The lowest BCUT2D eigenvalue weighted by Crippen LogP contribution is -2.18. The summed E-state index contributed by atoms with van der Waals surface area (Å²) in [6, 6.07) is 13.9. The van der Waals surface area contributed by atoms with Crippen LogP contribution in [-0.4, -0.2) is 12.0 Å². The van der Waals surface area contributed by atoms with E-state index in [2.05, 4.69) is 11.1 Å². The topological polar surface area (TPSA) is 39.9 Å². The molecule has 90 valence electrons. The lowest BCUT2D eigenvalue weighted by atomic mass is 10.1. The highest BCUT2D eigenvalue weighted by molar-refractivity contribution is 5.60. The van der Waals surface area contributed by atoms with Crippen LogP contribution in [-0.2, 0) is 6.54 Å². The van der Waals surface area contributed by atoms with Crippen molar-refractivity contribution in [3.63, 3.8) is 0 Å². The molecule has 1 heterocycles. The zero-order valence-electron chi connectivity index (χ0n) is 10.6. The second-order valence-corrected chi connectivity index (χ2v) is 4.31. The number of aromatic nitrogens is 1. The molecule has 0 saturated heterocycles. The zero-order chi connectivity index (χ0) is 13.0. The maximum absolute atomic E-state index is 9.13. The number of nitrogens with zero attached hydrogens (tertiary/aromatic N) is 3. The predicted molar refractivity (Wildman–Crippen MR) is 72.2 cm³/mol. The molecule has 0 N–H and O–H groups in total. The molecule has 0 saturated carbocycles. The fourth-order valence-electron chi connectivity index (χ4n) is 1.87. The zero-order valence-corrected chi connectivity index (χ0v) is 10.6. The van der Waals surface area contributed by atoms with E-state index in [9.17, 15) is 0 Å². The number of nitriles is 1. The minimum Gasteiger partial charge on any atom is -0.368 e. The van der Waals surface area contributed by atoms with E-state index in [4.69, 9.17) is 5.26 Å². The molecule has 18 heavy (non-hydrogen) atoms. The van der Waals surface area contributed by atoms with Crippen LogP contribution in [0.3, 0.4) is 0 Å².